The third kappa shape index (κ3) is 5.50. The van der Waals surface area contributed by atoms with Crippen molar-refractivity contribution in [1.82, 2.24) is 15.5 Å². The van der Waals surface area contributed by atoms with Crippen LogP contribution < -0.4 is 5.32 Å². The van der Waals surface area contributed by atoms with Gasteiger partial charge in [-0.3, -0.25) is 4.79 Å². The van der Waals surface area contributed by atoms with E-state index in [1.165, 1.54) is 11.8 Å². The number of amides is 1. The Kier molecular flexibility index (Phi) is 6.55. The number of benzene rings is 1. The third-order valence-corrected chi connectivity index (χ3v) is 8.42. The predicted octanol–water partition coefficient (Wildman–Crippen LogP) is 3.11. The Bertz CT molecular complexity index is 1080. The Morgan fingerprint density at radius 3 is 2.77 bits per heavy atom. The molecule has 1 aromatic carbocycles. The van der Waals surface area contributed by atoms with E-state index < -0.39 is 9.84 Å². The molecule has 1 aliphatic heterocycles. The number of nitrogens with zero attached hydrogens (tertiary/aromatic N) is 2. The Hall–Kier alpha value is -2.17. The molecule has 0 bridgehead atoms. The number of aromatic nitrogens is 2. The van der Waals surface area contributed by atoms with E-state index >= 15 is 0 Å². The minimum Gasteiger partial charge on any atom is -0.416 e. The summed E-state index contributed by atoms with van der Waals surface area (Å²) in [4.78, 5) is 13.6. The number of carbonyl (C=O) groups excluding carboxylic acids is 1. The third-order valence-electron chi connectivity index (χ3n) is 4.83. The van der Waals surface area contributed by atoms with Gasteiger partial charge in [-0.05, 0) is 29.3 Å². The average Bonchev–Trinajstić information content (AvgIpc) is 3.47. The fraction of sp³-hybridized carbons (Fsp3) is 0.350. The Morgan fingerprint density at radius 1 is 1.23 bits per heavy atom. The van der Waals surface area contributed by atoms with Gasteiger partial charge in [-0.15, -0.1) is 21.5 Å². The molecule has 3 heterocycles. The molecule has 1 saturated heterocycles. The molecule has 7 nitrogen and oxygen atoms in total. The van der Waals surface area contributed by atoms with Crippen LogP contribution in [0.25, 0.3) is 0 Å². The number of sulfone groups is 1. The van der Waals surface area contributed by atoms with Crippen LogP contribution in [0.15, 0.2) is 57.5 Å². The molecule has 0 saturated carbocycles. The van der Waals surface area contributed by atoms with Crippen LogP contribution in [-0.4, -0.2) is 41.8 Å². The first-order valence-corrected chi connectivity index (χ1v) is 13.2. The minimum atomic E-state index is -2.93. The van der Waals surface area contributed by atoms with E-state index in [0.717, 1.165) is 10.4 Å². The summed E-state index contributed by atoms with van der Waals surface area (Å²) in [6.45, 7) is 0. The smallest absolute Gasteiger partial charge is 0.277 e. The first-order chi connectivity index (χ1) is 14.5. The second-order valence-corrected chi connectivity index (χ2v) is 11.3. The van der Waals surface area contributed by atoms with Crippen LogP contribution >= 0.6 is 23.1 Å². The van der Waals surface area contributed by atoms with Crippen LogP contribution in [0.2, 0.25) is 0 Å². The van der Waals surface area contributed by atoms with Gasteiger partial charge in [0.25, 0.3) is 5.22 Å². The van der Waals surface area contributed by atoms with Crippen LogP contribution in [0.3, 0.4) is 0 Å². The van der Waals surface area contributed by atoms with Crippen LogP contribution in [0, 0.1) is 5.92 Å². The lowest BCUT2D eigenvalue weighted by Crippen LogP contribution is -2.30. The molecule has 2 aromatic heterocycles. The number of carbonyl (C=O) groups is 1. The van der Waals surface area contributed by atoms with Crippen molar-refractivity contribution in [2.75, 3.05) is 17.3 Å². The summed E-state index contributed by atoms with van der Waals surface area (Å²) in [6, 6.07) is 13.6. The lowest BCUT2D eigenvalue weighted by Gasteiger charge is -2.17. The van der Waals surface area contributed by atoms with Gasteiger partial charge in [-0.2, -0.15) is 0 Å². The van der Waals surface area contributed by atoms with Gasteiger partial charge in [0.05, 0.1) is 23.3 Å². The number of thiophene rings is 1. The van der Waals surface area contributed by atoms with Crippen LogP contribution in [0.4, 0.5) is 0 Å². The zero-order chi connectivity index (χ0) is 21.0. The lowest BCUT2D eigenvalue weighted by atomic mass is 10.1. The number of nitrogens with one attached hydrogen (secondary N) is 1. The molecule has 2 atom stereocenters. The zero-order valence-corrected chi connectivity index (χ0v) is 18.5. The van der Waals surface area contributed by atoms with Gasteiger partial charge in [0.15, 0.2) is 9.84 Å². The molecule has 0 radical (unpaired) electrons. The molecule has 158 valence electrons. The fourth-order valence-electron chi connectivity index (χ4n) is 3.41. The van der Waals surface area contributed by atoms with E-state index in [9.17, 15) is 13.2 Å². The summed E-state index contributed by atoms with van der Waals surface area (Å²) < 4.78 is 28.7. The minimum absolute atomic E-state index is 0.0222. The summed E-state index contributed by atoms with van der Waals surface area (Å²) in [5.41, 5.74) is 1.02. The number of hydrogen-bond acceptors (Lipinski definition) is 8. The topological polar surface area (TPSA) is 102 Å². The summed E-state index contributed by atoms with van der Waals surface area (Å²) >= 11 is 2.77. The molecule has 3 aromatic rings. The largest absolute Gasteiger partial charge is 0.416 e. The van der Waals surface area contributed by atoms with Gasteiger partial charge >= 0.3 is 0 Å². The molecular formula is C20H21N3O4S3. The molecule has 1 aliphatic rings. The van der Waals surface area contributed by atoms with Crippen molar-refractivity contribution >= 4 is 38.8 Å². The molecule has 30 heavy (non-hydrogen) atoms. The molecule has 0 spiro atoms. The summed E-state index contributed by atoms with van der Waals surface area (Å²) in [5.74, 6) is 0.844. The monoisotopic (exact) mass is 463 g/mol. The highest BCUT2D eigenvalue weighted by atomic mass is 32.2. The van der Waals surface area contributed by atoms with Crippen LogP contribution in [0.5, 0.6) is 0 Å². The fourth-order valence-corrected chi connectivity index (χ4v) is 6.66. The van der Waals surface area contributed by atoms with Crippen molar-refractivity contribution < 1.29 is 17.6 Å². The average molecular weight is 464 g/mol. The highest BCUT2D eigenvalue weighted by molar-refractivity contribution is 7.99. The normalized spacial score (nSPS) is 18.9. The van der Waals surface area contributed by atoms with E-state index in [2.05, 4.69) is 15.5 Å². The molecule has 1 fully saturated rings. The number of hydrogen-bond donors (Lipinski definition) is 1. The van der Waals surface area contributed by atoms with Crippen LogP contribution in [0.1, 0.15) is 28.8 Å². The van der Waals surface area contributed by atoms with Gasteiger partial charge in [0.1, 0.15) is 0 Å². The van der Waals surface area contributed by atoms with Gasteiger partial charge < -0.3 is 9.73 Å². The maximum absolute atomic E-state index is 12.6. The molecule has 1 amide bonds. The van der Waals surface area contributed by atoms with E-state index in [-0.39, 0.29) is 35.1 Å². The summed E-state index contributed by atoms with van der Waals surface area (Å²) in [7, 11) is -2.93. The van der Waals surface area contributed by atoms with Crippen molar-refractivity contribution in [1.29, 1.82) is 0 Å². The molecule has 1 N–H and O–H groups in total. The highest BCUT2D eigenvalue weighted by Gasteiger charge is 2.29. The molecule has 2 unspecified atom stereocenters. The second-order valence-electron chi connectivity index (χ2n) is 7.15. The van der Waals surface area contributed by atoms with E-state index in [1.807, 2.05) is 47.8 Å². The van der Waals surface area contributed by atoms with Crippen molar-refractivity contribution in [3.8, 4) is 0 Å². The zero-order valence-electron chi connectivity index (χ0n) is 16.1. The summed E-state index contributed by atoms with van der Waals surface area (Å²) in [6.07, 6.45) is 1.08. The van der Waals surface area contributed by atoms with Crippen molar-refractivity contribution in [3.63, 3.8) is 0 Å². The maximum Gasteiger partial charge on any atom is 0.277 e. The number of thioether (sulfide) groups is 1. The predicted molar refractivity (Wildman–Crippen MR) is 116 cm³/mol. The first kappa shape index (κ1) is 21.1. The Morgan fingerprint density at radius 2 is 2.07 bits per heavy atom. The van der Waals surface area contributed by atoms with E-state index in [0.29, 0.717) is 24.0 Å². The van der Waals surface area contributed by atoms with E-state index in [1.54, 1.807) is 11.3 Å². The molecule has 10 heteroatoms. The Balaban J connectivity index is 1.32. The second kappa shape index (κ2) is 9.32. The summed E-state index contributed by atoms with van der Waals surface area (Å²) in [5, 5.41) is 13.3. The highest BCUT2D eigenvalue weighted by Crippen LogP contribution is 2.27. The quantitative estimate of drug-likeness (QED) is 0.512. The van der Waals surface area contributed by atoms with Crippen LogP contribution in [-0.2, 0) is 21.1 Å². The standard InChI is InChI=1S/C20H21N3O4S3/c24-17(21-19(16-7-4-9-28-16)15-5-2-1-3-6-15)12-29-20-23-22-18(27-20)11-14-8-10-30(25,26)13-14/h1-7,9,14,19H,8,10-13H2,(H,21,24). The SMILES string of the molecule is O=C(CSc1nnc(CC2CCS(=O)(=O)C2)o1)NC(c1ccccc1)c1cccs1. The Labute approximate surface area is 183 Å². The van der Waals surface area contributed by atoms with Gasteiger partial charge in [-0.1, -0.05) is 48.2 Å². The van der Waals surface area contributed by atoms with Gasteiger partial charge in [0, 0.05) is 11.3 Å². The molecular weight excluding hydrogens is 442 g/mol. The first-order valence-electron chi connectivity index (χ1n) is 9.52. The molecule has 4 rings (SSSR count). The van der Waals surface area contributed by atoms with Crippen molar-refractivity contribution in [2.24, 2.45) is 5.92 Å². The van der Waals surface area contributed by atoms with Crippen molar-refractivity contribution in [2.45, 2.75) is 24.1 Å². The van der Waals surface area contributed by atoms with Crippen molar-refractivity contribution in [3.05, 3.63) is 64.2 Å². The van der Waals surface area contributed by atoms with Gasteiger partial charge in [0.2, 0.25) is 11.8 Å². The number of rotatable bonds is 8. The molecule has 0 aliphatic carbocycles. The lowest BCUT2D eigenvalue weighted by molar-refractivity contribution is -0.119. The van der Waals surface area contributed by atoms with Gasteiger partial charge in [-0.25, -0.2) is 8.42 Å². The maximum atomic E-state index is 12.6. The van der Waals surface area contributed by atoms with E-state index in [4.69, 9.17) is 4.42 Å².